The molecular formula is C27H27FN4O3. The van der Waals surface area contributed by atoms with Crippen LogP contribution < -0.4 is 10.5 Å². The summed E-state index contributed by atoms with van der Waals surface area (Å²) in [6.07, 6.45) is 0. The number of benzene rings is 3. The molecule has 0 bridgehead atoms. The Hall–Kier alpha value is -3.91. The number of amides is 2. The molecule has 0 saturated carbocycles. The van der Waals surface area contributed by atoms with Gasteiger partial charge in [-0.1, -0.05) is 24.3 Å². The molecule has 0 aliphatic carbocycles. The molecule has 2 amide bonds. The van der Waals surface area contributed by atoms with E-state index in [4.69, 9.17) is 10.5 Å². The van der Waals surface area contributed by atoms with Gasteiger partial charge >= 0.3 is 0 Å². The fourth-order valence-corrected chi connectivity index (χ4v) is 4.75. The maximum Gasteiger partial charge on any atom is 0.254 e. The molecule has 35 heavy (non-hydrogen) atoms. The highest BCUT2D eigenvalue weighted by molar-refractivity contribution is 6.20. The fourth-order valence-electron chi connectivity index (χ4n) is 4.75. The third-order valence-electron chi connectivity index (χ3n) is 6.61. The third kappa shape index (κ3) is 4.00. The highest BCUT2D eigenvalue weighted by Gasteiger charge is 2.23. The normalized spacial score (nSPS) is 14.5. The Morgan fingerprint density at radius 2 is 1.83 bits per heavy atom. The minimum atomic E-state index is -0.592. The van der Waals surface area contributed by atoms with Crippen molar-refractivity contribution in [1.82, 2.24) is 14.8 Å². The van der Waals surface area contributed by atoms with Gasteiger partial charge in [-0.2, -0.15) is 0 Å². The van der Waals surface area contributed by atoms with E-state index in [2.05, 4.69) is 9.88 Å². The van der Waals surface area contributed by atoms with Crippen molar-refractivity contribution < 1.29 is 18.7 Å². The first-order valence-electron chi connectivity index (χ1n) is 11.7. The van der Waals surface area contributed by atoms with Crippen LogP contribution in [0.2, 0.25) is 0 Å². The molecule has 0 atom stereocenters. The van der Waals surface area contributed by atoms with Gasteiger partial charge in [0, 0.05) is 53.6 Å². The predicted molar refractivity (Wildman–Crippen MR) is 134 cm³/mol. The second-order valence-electron chi connectivity index (χ2n) is 8.81. The fraction of sp³-hybridized carbons (Fsp3) is 0.259. The van der Waals surface area contributed by atoms with Crippen LogP contribution in [0, 0.1) is 5.82 Å². The SMILES string of the molecule is CCOc1cccc(-c2ccc(C(N)=O)c3[nH]c4cc(C(=O)N5CCN(C)CC5)ccc4c23)c1F. The Balaban J connectivity index is 1.67. The lowest BCUT2D eigenvalue weighted by Gasteiger charge is -2.32. The lowest BCUT2D eigenvalue weighted by Crippen LogP contribution is -2.47. The lowest BCUT2D eigenvalue weighted by atomic mass is 9.96. The van der Waals surface area contributed by atoms with Crippen molar-refractivity contribution in [2.24, 2.45) is 5.73 Å². The smallest absolute Gasteiger partial charge is 0.254 e. The van der Waals surface area contributed by atoms with Crippen molar-refractivity contribution in [3.63, 3.8) is 0 Å². The Bertz CT molecular complexity index is 1450. The van der Waals surface area contributed by atoms with E-state index in [9.17, 15) is 9.59 Å². The number of H-pyrrole nitrogens is 1. The molecule has 7 nitrogen and oxygen atoms in total. The van der Waals surface area contributed by atoms with Crippen LogP contribution >= 0.6 is 0 Å². The highest BCUT2D eigenvalue weighted by Crippen LogP contribution is 2.39. The van der Waals surface area contributed by atoms with Crippen LogP contribution in [0.5, 0.6) is 5.75 Å². The van der Waals surface area contributed by atoms with Crippen LogP contribution in [-0.2, 0) is 0 Å². The molecule has 8 heteroatoms. The number of hydrogen-bond donors (Lipinski definition) is 2. The molecule has 3 aromatic carbocycles. The molecule has 4 aromatic rings. The van der Waals surface area contributed by atoms with Gasteiger partial charge in [-0.25, -0.2) is 4.39 Å². The monoisotopic (exact) mass is 474 g/mol. The maximum atomic E-state index is 15.4. The van der Waals surface area contributed by atoms with Gasteiger partial charge in [-0.15, -0.1) is 0 Å². The van der Waals surface area contributed by atoms with Crippen LogP contribution in [0.4, 0.5) is 4.39 Å². The molecule has 1 aliphatic rings. The van der Waals surface area contributed by atoms with E-state index < -0.39 is 11.7 Å². The molecule has 1 aliphatic heterocycles. The first-order chi connectivity index (χ1) is 16.9. The number of likely N-dealkylation sites (N-methyl/N-ethyl adjacent to an activating group) is 1. The van der Waals surface area contributed by atoms with Crippen LogP contribution in [0.25, 0.3) is 32.9 Å². The zero-order valence-electron chi connectivity index (χ0n) is 19.7. The summed E-state index contributed by atoms with van der Waals surface area (Å²) in [6.45, 7) is 5.15. The topological polar surface area (TPSA) is 91.7 Å². The van der Waals surface area contributed by atoms with Crippen LogP contribution in [-0.4, -0.2) is 66.4 Å². The number of carbonyl (C=O) groups excluding carboxylic acids is 2. The largest absolute Gasteiger partial charge is 0.491 e. The minimum absolute atomic E-state index is 0.0375. The van der Waals surface area contributed by atoms with Crippen molar-refractivity contribution >= 4 is 33.6 Å². The Morgan fingerprint density at radius 1 is 1.06 bits per heavy atom. The van der Waals surface area contributed by atoms with E-state index in [-0.39, 0.29) is 11.7 Å². The summed E-state index contributed by atoms with van der Waals surface area (Å²) in [5.74, 6) is -0.939. The minimum Gasteiger partial charge on any atom is -0.491 e. The van der Waals surface area contributed by atoms with Gasteiger partial charge in [0.15, 0.2) is 11.6 Å². The summed E-state index contributed by atoms with van der Waals surface area (Å²) >= 11 is 0. The maximum absolute atomic E-state index is 15.4. The van der Waals surface area contributed by atoms with Gasteiger partial charge in [-0.3, -0.25) is 9.59 Å². The Morgan fingerprint density at radius 3 is 2.54 bits per heavy atom. The number of nitrogens with zero attached hydrogens (tertiary/aromatic N) is 2. The molecule has 1 saturated heterocycles. The van der Waals surface area contributed by atoms with Crippen molar-refractivity contribution in [3.8, 4) is 16.9 Å². The molecule has 1 fully saturated rings. The number of rotatable bonds is 5. The van der Waals surface area contributed by atoms with Crippen molar-refractivity contribution in [3.05, 3.63) is 65.5 Å². The number of halogens is 1. The summed E-state index contributed by atoms with van der Waals surface area (Å²) in [7, 11) is 2.04. The first kappa shape index (κ1) is 22.9. The Labute approximate surface area is 202 Å². The summed E-state index contributed by atoms with van der Waals surface area (Å²) in [6, 6.07) is 13.7. The van der Waals surface area contributed by atoms with Crippen LogP contribution in [0.3, 0.4) is 0 Å². The number of hydrogen-bond acceptors (Lipinski definition) is 4. The van der Waals surface area contributed by atoms with E-state index in [1.807, 2.05) is 18.0 Å². The third-order valence-corrected chi connectivity index (χ3v) is 6.61. The number of ether oxygens (including phenoxy) is 1. The number of primary amides is 1. The first-order valence-corrected chi connectivity index (χ1v) is 11.7. The van der Waals surface area contributed by atoms with Gasteiger partial charge in [0.05, 0.1) is 17.7 Å². The number of aromatic nitrogens is 1. The molecule has 0 unspecified atom stereocenters. The van der Waals surface area contributed by atoms with Crippen LogP contribution in [0.15, 0.2) is 48.5 Å². The number of carbonyl (C=O) groups is 2. The van der Waals surface area contributed by atoms with Crippen molar-refractivity contribution in [1.29, 1.82) is 0 Å². The molecule has 0 spiro atoms. The summed E-state index contributed by atoms with van der Waals surface area (Å²) in [5, 5.41) is 1.44. The average molecular weight is 475 g/mol. The molecule has 2 heterocycles. The molecule has 1 aromatic heterocycles. The van der Waals surface area contributed by atoms with E-state index in [0.29, 0.717) is 58.4 Å². The standard InChI is InChI=1S/C27H27FN4O3/c1-3-35-22-6-4-5-18(24(22)28)17-9-10-20(26(29)33)25-23(17)19-8-7-16(15-21(19)30-25)27(34)32-13-11-31(2)12-14-32/h4-10,15,30H,3,11-14H2,1-2H3,(H2,29,33). The quantitative estimate of drug-likeness (QED) is 0.457. The summed E-state index contributed by atoms with van der Waals surface area (Å²) in [5.41, 5.74) is 8.66. The van der Waals surface area contributed by atoms with Crippen LogP contribution in [0.1, 0.15) is 27.6 Å². The summed E-state index contributed by atoms with van der Waals surface area (Å²) < 4.78 is 20.8. The zero-order chi connectivity index (χ0) is 24.7. The van der Waals surface area contributed by atoms with Crippen molar-refractivity contribution in [2.75, 3.05) is 39.8 Å². The molecule has 5 rings (SSSR count). The lowest BCUT2D eigenvalue weighted by molar-refractivity contribution is 0.0664. The molecule has 180 valence electrons. The number of piperazine rings is 1. The van der Waals surface area contributed by atoms with E-state index in [0.717, 1.165) is 18.5 Å². The Kier molecular flexibility index (Phi) is 5.90. The zero-order valence-corrected chi connectivity index (χ0v) is 19.7. The predicted octanol–water partition coefficient (Wildman–Crippen LogP) is 4.01. The number of nitrogens with one attached hydrogen (secondary N) is 1. The second kappa shape index (κ2) is 9.03. The van der Waals surface area contributed by atoms with E-state index >= 15 is 4.39 Å². The van der Waals surface area contributed by atoms with E-state index in [1.54, 1.807) is 49.4 Å². The number of nitrogens with two attached hydrogens (primary N) is 1. The van der Waals surface area contributed by atoms with Gasteiger partial charge in [0.1, 0.15) is 0 Å². The molecular weight excluding hydrogens is 447 g/mol. The van der Waals surface area contributed by atoms with E-state index in [1.165, 1.54) is 0 Å². The number of fused-ring (bicyclic) bond motifs is 3. The highest BCUT2D eigenvalue weighted by atomic mass is 19.1. The van der Waals surface area contributed by atoms with Gasteiger partial charge < -0.3 is 25.3 Å². The number of aromatic amines is 1. The summed E-state index contributed by atoms with van der Waals surface area (Å²) in [4.78, 5) is 32.6. The van der Waals surface area contributed by atoms with Gasteiger partial charge in [0.2, 0.25) is 0 Å². The second-order valence-corrected chi connectivity index (χ2v) is 8.81. The average Bonchev–Trinajstić information content (AvgIpc) is 3.24. The van der Waals surface area contributed by atoms with Crippen molar-refractivity contribution in [2.45, 2.75) is 6.92 Å². The molecule has 3 N–H and O–H groups in total. The molecule has 0 radical (unpaired) electrons. The van der Waals surface area contributed by atoms with Gasteiger partial charge in [-0.05, 0) is 43.8 Å². The van der Waals surface area contributed by atoms with Gasteiger partial charge in [0.25, 0.3) is 11.8 Å².